The largest absolute Gasteiger partial charge is 0.383 e. The van der Waals surface area contributed by atoms with Crippen LogP contribution in [0.4, 0.5) is 11.6 Å². The van der Waals surface area contributed by atoms with Crippen LogP contribution in [0.3, 0.4) is 0 Å². The van der Waals surface area contributed by atoms with E-state index in [4.69, 9.17) is 5.73 Å². The molecule has 1 unspecified atom stereocenters. The van der Waals surface area contributed by atoms with Crippen LogP contribution in [0.5, 0.6) is 0 Å². The molecule has 1 amide bonds. The van der Waals surface area contributed by atoms with Crippen molar-refractivity contribution in [3.63, 3.8) is 0 Å². The van der Waals surface area contributed by atoms with Crippen LogP contribution in [0.15, 0.2) is 42.0 Å². The molecule has 5 nitrogen and oxygen atoms in total. The van der Waals surface area contributed by atoms with Gasteiger partial charge in [-0.05, 0) is 31.8 Å². The highest BCUT2D eigenvalue weighted by molar-refractivity contribution is 6.03. The van der Waals surface area contributed by atoms with Crippen LogP contribution in [-0.4, -0.2) is 15.9 Å². The monoisotopic (exact) mass is 352 g/mol. The Labute approximate surface area is 155 Å². The van der Waals surface area contributed by atoms with E-state index in [-0.39, 0.29) is 11.8 Å². The molecular weight excluding hydrogens is 324 g/mol. The first kappa shape index (κ1) is 19.6. The summed E-state index contributed by atoms with van der Waals surface area (Å²) in [4.78, 5) is 21.1. The molecule has 0 aromatic carbocycles. The van der Waals surface area contributed by atoms with Crippen molar-refractivity contribution < 1.29 is 4.79 Å². The van der Waals surface area contributed by atoms with E-state index in [1.165, 1.54) is 5.57 Å². The Hall–Kier alpha value is -2.69. The van der Waals surface area contributed by atoms with E-state index in [2.05, 4.69) is 55.6 Å². The van der Waals surface area contributed by atoms with Gasteiger partial charge in [0.2, 0.25) is 5.91 Å². The van der Waals surface area contributed by atoms with E-state index in [0.29, 0.717) is 28.9 Å². The summed E-state index contributed by atoms with van der Waals surface area (Å²) in [6.07, 6.45) is 8.60. The Morgan fingerprint density at radius 3 is 2.65 bits per heavy atom. The van der Waals surface area contributed by atoms with Gasteiger partial charge in [-0.2, -0.15) is 0 Å². The molecule has 0 spiro atoms. The van der Waals surface area contributed by atoms with Crippen molar-refractivity contribution in [3.05, 3.63) is 53.4 Å². The summed E-state index contributed by atoms with van der Waals surface area (Å²) in [6, 6.07) is 0. The van der Waals surface area contributed by atoms with E-state index in [1.807, 2.05) is 19.1 Å². The number of nitrogens with one attached hydrogen (secondary N) is 1. The minimum Gasteiger partial charge on any atom is -0.383 e. The zero-order valence-corrected chi connectivity index (χ0v) is 16.3. The molecule has 1 aliphatic rings. The number of allylic oxidation sites excluding steroid dienone is 7. The SMILES string of the molecule is C=C\C=C/C(C(=C/CC)/c1nc(N)c2c(n1)NC(=O)C2C)=C(\C)C(C)C. The number of aromatic nitrogens is 2. The van der Waals surface area contributed by atoms with Crippen molar-refractivity contribution in [2.75, 3.05) is 11.1 Å². The first-order valence-electron chi connectivity index (χ1n) is 9.00. The Kier molecular flexibility index (Phi) is 6.14. The number of hydrogen-bond donors (Lipinski definition) is 2. The summed E-state index contributed by atoms with van der Waals surface area (Å²) in [5, 5.41) is 2.81. The number of fused-ring (bicyclic) bond motifs is 1. The molecule has 0 fully saturated rings. The molecule has 3 N–H and O–H groups in total. The van der Waals surface area contributed by atoms with Crippen LogP contribution in [0.25, 0.3) is 5.57 Å². The third-order valence-corrected chi connectivity index (χ3v) is 4.67. The fourth-order valence-corrected chi connectivity index (χ4v) is 2.92. The molecule has 2 heterocycles. The summed E-state index contributed by atoms with van der Waals surface area (Å²) in [7, 11) is 0. The average Bonchev–Trinajstić information content (AvgIpc) is 2.88. The van der Waals surface area contributed by atoms with E-state index in [9.17, 15) is 4.79 Å². The maximum atomic E-state index is 12.0. The second-order valence-electron chi connectivity index (χ2n) is 6.78. The van der Waals surface area contributed by atoms with Gasteiger partial charge in [-0.15, -0.1) is 0 Å². The van der Waals surface area contributed by atoms with Gasteiger partial charge in [0.05, 0.1) is 5.92 Å². The van der Waals surface area contributed by atoms with Gasteiger partial charge in [-0.25, -0.2) is 9.97 Å². The maximum Gasteiger partial charge on any atom is 0.233 e. The van der Waals surface area contributed by atoms with Crippen LogP contribution in [-0.2, 0) is 4.79 Å². The Morgan fingerprint density at radius 2 is 2.08 bits per heavy atom. The van der Waals surface area contributed by atoms with Gasteiger partial charge in [0, 0.05) is 11.1 Å². The van der Waals surface area contributed by atoms with Gasteiger partial charge in [-0.1, -0.05) is 57.2 Å². The van der Waals surface area contributed by atoms with Gasteiger partial charge in [-0.3, -0.25) is 4.79 Å². The van der Waals surface area contributed by atoms with E-state index >= 15 is 0 Å². The second kappa shape index (κ2) is 8.13. The number of nitrogens with zero attached hydrogens (tertiary/aromatic N) is 2. The first-order valence-corrected chi connectivity index (χ1v) is 9.00. The summed E-state index contributed by atoms with van der Waals surface area (Å²) < 4.78 is 0. The van der Waals surface area contributed by atoms with Gasteiger partial charge in [0.25, 0.3) is 0 Å². The number of carbonyl (C=O) groups excluding carboxylic acids is 1. The first-order chi connectivity index (χ1) is 12.3. The maximum absolute atomic E-state index is 12.0. The molecule has 2 rings (SSSR count). The third kappa shape index (κ3) is 3.77. The highest BCUT2D eigenvalue weighted by atomic mass is 16.2. The van der Waals surface area contributed by atoms with E-state index in [0.717, 1.165) is 17.6 Å². The third-order valence-electron chi connectivity index (χ3n) is 4.67. The molecule has 1 atom stereocenters. The Morgan fingerprint density at radius 1 is 1.38 bits per heavy atom. The van der Waals surface area contributed by atoms with Gasteiger partial charge < -0.3 is 11.1 Å². The zero-order chi connectivity index (χ0) is 19.4. The highest BCUT2D eigenvalue weighted by Crippen LogP contribution is 2.37. The van der Waals surface area contributed by atoms with Crippen LogP contribution < -0.4 is 11.1 Å². The molecule has 5 heteroatoms. The Balaban J connectivity index is 2.67. The standard InChI is InChI=1S/C21H28N4O/c1-7-9-11-15(13(5)12(3)4)16(10-8-2)19-23-18(22)17-14(6)21(26)25-20(17)24-19/h7,9-12,14H,1,8H2,2-6H3,(H3,22,23,24,25,26)/b11-9-,15-13-,16-10-. The van der Waals surface area contributed by atoms with E-state index in [1.54, 1.807) is 6.08 Å². The van der Waals surface area contributed by atoms with Gasteiger partial charge >= 0.3 is 0 Å². The lowest BCUT2D eigenvalue weighted by Crippen LogP contribution is -2.09. The molecular formula is C21H28N4O. The molecule has 1 aliphatic heterocycles. The molecule has 1 aromatic heterocycles. The lowest BCUT2D eigenvalue weighted by atomic mass is 9.92. The zero-order valence-electron chi connectivity index (χ0n) is 16.3. The van der Waals surface area contributed by atoms with Crippen molar-refractivity contribution in [2.45, 2.75) is 47.0 Å². The number of anilines is 2. The number of nitrogens with two attached hydrogens (primary N) is 1. The minimum absolute atomic E-state index is 0.0974. The van der Waals surface area contributed by atoms with Crippen molar-refractivity contribution in [3.8, 4) is 0 Å². The predicted octanol–water partition coefficient (Wildman–Crippen LogP) is 4.62. The molecule has 26 heavy (non-hydrogen) atoms. The minimum atomic E-state index is -0.328. The fraction of sp³-hybridized carbons (Fsp3) is 0.381. The smallest absolute Gasteiger partial charge is 0.233 e. The number of amides is 1. The molecule has 138 valence electrons. The summed E-state index contributed by atoms with van der Waals surface area (Å²) in [6.45, 7) is 14.1. The molecule has 0 bridgehead atoms. The average molecular weight is 352 g/mol. The molecule has 0 saturated heterocycles. The number of rotatable bonds is 6. The lowest BCUT2D eigenvalue weighted by Gasteiger charge is -2.16. The van der Waals surface area contributed by atoms with Crippen LogP contribution in [0.1, 0.15) is 58.3 Å². The fourth-order valence-electron chi connectivity index (χ4n) is 2.92. The summed E-state index contributed by atoms with van der Waals surface area (Å²) >= 11 is 0. The summed E-state index contributed by atoms with van der Waals surface area (Å²) in [5.41, 5.74) is 10.1. The van der Waals surface area contributed by atoms with Crippen LogP contribution >= 0.6 is 0 Å². The predicted molar refractivity (Wildman–Crippen MR) is 109 cm³/mol. The number of hydrogen-bond acceptors (Lipinski definition) is 4. The van der Waals surface area contributed by atoms with E-state index < -0.39 is 0 Å². The number of carbonyl (C=O) groups is 1. The molecule has 0 saturated carbocycles. The summed E-state index contributed by atoms with van der Waals surface area (Å²) in [5.74, 6) is 1.34. The Bertz CT molecular complexity index is 816. The quantitative estimate of drug-likeness (QED) is 0.732. The van der Waals surface area contributed by atoms with Crippen molar-refractivity contribution in [1.82, 2.24) is 9.97 Å². The molecule has 0 radical (unpaired) electrons. The second-order valence-corrected chi connectivity index (χ2v) is 6.78. The van der Waals surface area contributed by atoms with Crippen molar-refractivity contribution in [2.24, 2.45) is 5.92 Å². The molecule has 1 aromatic rings. The van der Waals surface area contributed by atoms with Crippen LogP contribution in [0, 0.1) is 5.92 Å². The van der Waals surface area contributed by atoms with Gasteiger partial charge in [0.15, 0.2) is 5.82 Å². The highest BCUT2D eigenvalue weighted by Gasteiger charge is 2.32. The topological polar surface area (TPSA) is 80.9 Å². The van der Waals surface area contributed by atoms with Gasteiger partial charge in [0.1, 0.15) is 11.6 Å². The molecule has 0 aliphatic carbocycles. The lowest BCUT2D eigenvalue weighted by molar-refractivity contribution is -0.116. The van der Waals surface area contributed by atoms with Crippen molar-refractivity contribution in [1.29, 1.82) is 0 Å². The number of nitrogen functional groups attached to an aromatic ring is 1. The van der Waals surface area contributed by atoms with Crippen LogP contribution in [0.2, 0.25) is 0 Å². The normalized spacial score (nSPS) is 18.2. The van der Waals surface area contributed by atoms with Crippen molar-refractivity contribution >= 4 is 23.1 Å².